The molecule has 1 aromatic carbocycles. The molecule has 2 heteroatoms. The van der Waals surface area contributed by atoms with E-state index in [1.54, 1.807) is 0 Å². The summed E-state index contributed by atoms with van der Waals surface area (Å²) in [6, 6.07) is 8.24. The molecule has 1 aromatic heterocycles. The number of hydrogen-bond donors (Lipinski definition) is 0. The molecule has 0 amide bonds. The van der Waals surface area contributed by atoms with Crippen molar-refractivity contribution in [1.82, 2.24) is 0 Å². The van der Waals surface area contributed by atoms with Gasteiger partial charge in [0, 0.05) is 20.0 Å². The molecule has 0 spiro atoms. The summed E-state index contributed by atoms with van der Waals surface area (Å²) >= 11 is 7.86. The van der Waals surface area contributed by atoms with Gasteiger partial charge in [-0.3, -0.25) is 0 Å². The standard InChI is InChI=1S/C10H9ClS/c1-2-7-6-8-9(11)4-3-5-10(8)12-7/h3-6H,2H2,1H3. The molecule has 0 unspecified atom stereocenters. The topological polar surface area (TPSA) is 0 Å². The van der Waals surface area contributed by atoms with E-state index in [-0.39, 0.29) is 0 Å². The van der Waals surface area contributed by atoms with Crippen molar-refractivity contribution < 1.29 is 0 Å². The number of benzene rings is 1. The first kappa shape index (κ1) is 8.09. The fourth-order valence-electron chi connectivity index (χ4n) is 1.25. The zero-order valence-corrected chi connectivity index (χ0v) is 8.38. The fourth-order valence-corrected chi connectivity index (χ4v) is 2.57. The van der Waals surface area contributed by atoms with Gasteiger partial charge in [-0.15, -0.1) is 11.3 Å². The van der Waals surface area contributed by atoms with Crippen molar-refractivity contribution in [2.24, 2.45) is 0 Å². The zero-order valence-electron chi connectivity index (χ0n) is 6.80. The molecule has 0 atom stereocenters. The number of fused-ring (bicyclic) bond motifs is 1. The largest absolute Gasteiger partial charge is 0.140 e. The summed E-state index contributed by atoms with van der Waals surface area (Å²) in [5.74, 6) is 0. The van der Waals surface area contributed by atoms with Crippen molar-refractivity contribution in [3.63, 3.8) is 0 Å². The van der Waals surface area contributed by atoms with E-state index in [4.69, 9.17) is 11.6 Å². The van der Waals surface area contributed by atoms with E-state index >= 15 is 0 Å². The lowest BCUT2D eigenvalue weighted by Gasteiger charge is -1.89. The number of rotatable bonds is 1. The molecular weight excluding hydrogens is 188 g/mol. The third-order valence-corrected chi connectivity index (χ3v) is 3.48. The SMILES string of the molecule is CCc1cc2c(Cl)cccc2s1. The summed E-state index contributed by atoms with van der Waals surface area (Å²) in [7, 11) is 0. The molecule has 1 heterocycles. The molecular formula is C10H9ClS. The summed E-state index contributed by atoms with van der Waals surface area (Å²) in [6.07, 6.45) is 1.09. The molecule has 0 saturated carbocycles. The Morgan fingerprint density at radius 3 is 2.92 bits per heavy atom. The van der Waals surface area contributed by atoms with Crippen LogP contribution in [0.25, 0.3) is 10.1 Å². The van der Waals surface area contributed by atoms with Crippen molar-refractivity contribution in [3.8, 4) is 0 Å². The molecule has 0 aliphatic rings. The lowest BCUT2D eigenvalue weighted by molar-refractivity contribution is 1.19. The Balaban J connectivity index is 2.74. The van der Waals surface area contributed by atoms with Crippen LogP contribution in [0.3, 0.4) is 0 Å². The number of hydrogen-bond acceptors (Lipinski definition) is 1. The molecule has 0 N–H and O–H groups in total. The molecule has 12 heavy (non-hydrogen) atoms. The Bertz CT molecular complexity index is 403. The van der Waals surface area contributed by atoms with Gasteiger partial charge in [-0.1, -0.05) is 24.6 Å². The van der Waals surface area contributed by atoms with Gasteiger partial charge < -0.3 is 0 Å². The molecule has 0 radical (unpaired) electrons. The van der Waals surface area contributed by atoms with Crippen LogP contribution in [0.5, 0.6) is 0 Å². The van der Waals surface area contributed by atoms with Crippen LogP contribution in [0.4, 0.5) is 0 Å². The Kier molecular flexibility index (Phi) is 2.07. The predicted octanol–water partition coefficient (Wildman–Crippen LogP) is 4.12. The normalized spacial score (nSPS) is 10.8. The van der Waals surface area contributed by atoms with E-state index in [0.29, 0.717) is 0 Å². The Morgan fingerprint density at radius 2 is 2.25 bits per heavy atom. The molecule has 0 saturated heterocycles. The summed E-state index contributed by atoms with van der Waals surface area (Å²) in [5.41, 5.74) is 0. The van der Waals surface area contributed by atoms with Crippen LogP contribution in [0, 0.1) is 0 Å². The third-order valence-electron chi connectivity index (χ3n) is 1.91. The average Bonchev–Trinajstić information content (AvgIpc) is 2.49. The van der Waals surface area contributed by atoms with E-state index in [1.165, 1.54) is 15.0 Å². The average molecular weight is 197 g/mol. The van der Waals surface area contributed by atoms with E-state index in [1.807, 2.05) is 23.5 Å². The molecule has 0 bridgehead atoms. The van der Waals surface area contributed by atoms with Crippen molar-refractivity contribution in [1.29, 1.82) is 0 Å². The summed E-state index contributed by atoms with van der Waals surface area (Å²) in [4.78, 5) is 1.40. The second-order valence-electron chi connectivity index (χ2n) is 2.72. The van der Waals surface area contributed by atoms with Gasteiger partial charge in [0.05, 0.1) is 0 Å². The maximum atomic E-state index is 6.03. The highest BCUT2D eigenvalue weighted by Crippen LogP contribution is 2.30. The smallest absolute Gasteiger partial charge is 0.0492 e. The second-order valence-corrected chi connectivity index (χ2v) is 4.29. The molecule has 0 nitrogen and oxygen atoms in total. The van der Waals surface area contributed by atoms with E-state index in [0.717, 1.165) is 11.4 Å². The first-order valence-corrected chi connectivity index (χ1v) is 5.17. The highest BCUT2D eigenvalue weighted by atomic mass is 35.5. The van der Waals surface area contributed by atoms with E-state index in [2.05, 4.69) is 19.1 Å². The van der Waals surface area contributed by atoms with Crippen molar-refractivity contribution in [3.05, 3.63) is 34.2 Å². The van der Waals surface area contributed by atoms with Gasteiger partial charge in [0.25, 0.3) is 0 Å². The van der Waals surface area contributed by atoms with Gasteiger partial charge in [0.1, 0.15) is 0 Å². The van der Waals surface area contributed by atoms with E-state index in [9.17, 15) is 0 Å². The second kappa shape index (κ2) is 3.08. The maximum absolute atomic E-state index is 6.03. The first-order chi connectivity index (χ1) is 5.81. The van der Waals surface area contributed by atoms with Crippen LogP contribution in [0.2, 0.25) is 5.02 Å². The van der Waals surface area contributed by atoms with E-state index < -0.39 is 0 Å². The van der Waals surface area contributed by atoms with Gasteiger partial charge in [-0.25, -0.2) is 0 Å². The van der Waals surface area contributed by atoms with Crippen LogP contribution >= 0.6 is 22.9 Å². The molecule has 0 aliphatic heterocycles. The van der Waals surface area contributed by atoms with Crippen LogP contribution in [0.1, 0.15) is 11.8 Å². The molecule has 62 valence electrons. The fraction of sp³-hybridized carbons (Fsp3) is 0.200. The monoisotopic (exact) mass is 196 g/mol. The minimum absolute atomic E-state index is 0.864. The number of halogens is 1. The molecule has 0 fully saturated rings. The van der Waals surface area contributed by atoms with Gasteiger partial charge in [-0.2, -0.15) is 0 Å². The minimum Gasteiger partial charge on any atom is -0.140 e. The van der Waals surface area contributed by atoms with Crippen molar-refractivity contribution >= 4 is 33.0 Å². The van der Waals surface area contributed by atoms with Crippen molar-refractivity contribution in [2.75, 3.05) is 0 Å². The highest BCUT2D eigenvalue weighted by Gasteiger charge is 2.02. The van der Waals surface area contributed by atoms with Crippen molar-refractivity contribution in [2.45, 2.75) is 13.3 Å². The summed E-state index contributed by atoms with van der Waals surface area (Å²) < 4.78 is 1.29. The third kappa shape index (κ3) is 1.23. The highest BCUT2D eigenvalue weighted by molar-refractivity contribution is 7.19. The van der Waals surface area contributed by atoms with Crippen LogP contribution < -0.4 is 0 Å². The lowest BCUT2D eigenvalue weighted by atomic mass is 10.2. The minimum atomic E-state index is 0.864. The first-order valence-electron chi connectivity index (χ1n) is 3.98. The summed E-state index contributed by atoms with van der Waals surface area (Å²) in [5, 5.41) is 2.06. The van der Waals surface area contributed by atoms with Crippen LogP contribution in [-0.2, 0) is 6.42 Å². The number of thiophene rings is 1. The molecule has 0 aliphatic carbocycles. The maximum Gasteiger partial charge on any atom is 0.0492 e. The Hall–Kier alpha value is -0.530. The lowest BCUT2D eigenvalue weighted by Crippen LogP contribution is -1.66. The summed E-state index contributed by atoms with van der Waals surface area (Å²) in [6.45, 7) is 2.17. The Labute approximate surface area is 80.8 Å². The van der Waals surface area contributed by atoms with Gasteiger partial charge in [-0.05, 0) is 24.6 Å². The number of aryl methyl sites for hydroxylation is 1. The molecule has 2 rings (SSSR count). The Morgan fingerprint density at radius 1 is 1.42 bits per heavy atom. The van der Waals surface area contributed by atoms with Crippen LogP contribution in [0.15, 0.2) is 24.3 Å². The zero-order chi connectivity index (χ0) is 8.55. The van der Waals surface area contributed by atoms with Gasteiger partial charge >= 0.3 is 0 Å². The van der Waals surface area contributed by atoms with Gasteiger partial charge in [0.2, 0.25) is 0 Å². The molecule has 2 aromatic rings. The van der Waals surface area contributed by atoms with Crippen LogP contribution in [-0.4, -0.2) is 0 Å². The predicted molar refractivity (Wildman–Crippen MR) is 56.2 cm³/mol. The quantitative estimate of drug-likeness (QED) is 0.644. The van der Waals surface area contributed by atoms with Gasteiger partial charge in [0.15, 0.2) is 0 Å².